The fourth-order valence-electron chi connectivity index (χ4n) is 1.76. The van der Waals surface area contributed by atoms with E-state index in [2.05, 4.69) is 5.92 Å². The average Bonchev–Trinajstić information content (AvgIpc) is 2.77. The van der Waals surface area contributed by atoms with Crippen molar-refractivity contribution in [2.75, 3.05) is 0 Å². The van der Waals surface area contributed by atoms with Gasteiger partial charge in [-0.3, -0.25) is 0 Å². The summed E-state index contributed by atoms with van der Waals surface area (Å²) in [5.41, 5.74) is 0.360. The zero-order valence-electron chi connectivity index (χ0n) is 10.1. The van der Waals surface area contributed by atoms with E-state index in [0.717, 1.165) is 25.8 Å². The van der Waals surface area contributed by atoms with Crippen molar-refractivity contribution in [1.29, 1.82) is 0 Å². The first-order chi connectivity index (χ1) is 8.24. The van der Waals surface area contributed by atoms with Crippen LogP contribution in [0.5, 0.6) is 0 Å². The monoisotopic (exact) mass is 233 g/mol. The summed E-state index contributed by atoms with van der Waals surface area (Å²) in [5.74, 6) is 1.78. The molecule has 0 spiro atoms. The molecule has 0 aliphatic rings. The lowest BCUT2D eigenvalue weighted by atomic mass is 10.1. The van der Waals surface area contributed by atoms with Gasteiger partial charge in [-0.2, -0.15) is 0 Å². The Kier molecular flexibility index (Phi) is 5.95. The molecule has 1 aromatic heterocycles. The zero-order chi connectivity index (χ0) is 12.5. The molecule has 0 fully saturated rings. The first-order valence-electron chi connectivity index (χ1n) is 6.06. The van der Waals surface area contributed by atoms with E-state index in [-0.39, 0.29) is 0 Å². The van der Waals surface area contributed by atoms with Gasteiger partial charge in [-0.25, -0.2) is 4.79 Å². The molecule has 3 heteroatoms. The third kappa shape index (κ3) is 5.26. The van der Waals surface area contributed by atoms with Crippen LogP contribution in [-0.2, 0) is 6.54 Å². The molecule has 0 bridgehead atoms. The lowest BCUT2D eigenvalue weighted by Crippen LogP contribution is -1.96. The van der Waals surface area contributed by atoms with Crippen molar-refractivity contribution in [2.24, 2.45) is 0 Å². The number of carboxylic acids is 1. The second-order valence-corrected chi connectivity index (χ2v) is 4.17. The summed E-state index contributed by atoms with van der Waals surface area (Å²) in [6, 6.07) is 1.63. The maximum absolute atomic E-state index is 10.7. The minimum Gasteiger partial charge on any atom is -0.478 e. The van der Waals surface area contributed by atoms with Crippen LogP contribution in [0.1, 0.15) is 48.9 Å². The molecule has 0 aliphatic carbocycles. The molecule has 17 heavy (non-hydrogen) atoms. The Hall–Kier alpha value is -1.69. The Morgan fingerprint density at radius 1 is 1.29 bits per heavy atom. The van der Waals surface area contributed by atoms with E-state index in [0.29, 0.717) is 5.56 Å². The number of aromatic nitrogens is 1. The number of aromatic carboxylic acids is 1. The quantitative estimate of drug-likeness (QED) is 0.553. The molecule has 0 aliphatic heterocycles. The number of rotatable bonds is 8. The lowest BCUT2D eigenvalue weighted by Gasteiger charge is -2.02. The summed E-state index contributed by atoms with van der Waals surface area (Å²) < 4.78 is 1.94. The minimum atomic E-state index is -0.863. The van der Waals surface area contributed by atoms with Gasteiger partial charge in [0.2, 0.25) is 0 Å². The fourth-order valence-corrected chi connectivity index (χ4v) is 1.76. The Morgan fingerprint density at radius 3 is 2.65 bits per heavy atom. The van der Waals surface area contributed by atoms with Crippen LogP contribution < -0.4 is 0 Å². The molecule has 3 nitrogen and oxygen atoms in total. The van der Waals surface area contributed by atoms with Crippen LogP contribution in [0.4, 0.5) is 0 Å². The molecule has 0 unspecified atom stereocenters. The van der Waals surface area contributed by atoms with Crippen LogP contribution in [0.15, 0.2) is 18.5 Å². The third-order valence-corrected chi connectivity index (χ3v) is 2.73. The van der Waals surface area contributed by atoms with Crippen LogP contribution in [0, 0.1) is 12.3 Å². The number of carboxylic acid groups (broad SMARTS) is 1. The summed E-state index contributed by atoms with van der Waals surface area (Å²) in [4.78, 5) is 10.7. The van der Waals surface area contributed by atoms with Crippen molar-refractivity contribution in [3.05, 3.63) is 24.0 Å². The molecule has 0 atom stereocenters. The second kappa shape index (κ2) is 7.56. The third-order valence-electron chi connectivity index (χ3n) is 2.73. The molecule has 0 saturated carbocycles. The molecule has 0 radical (unpaired) electrons. The average molecular weight is 233 g/mol. The van der Waals surface area contributed by atoms with Crippen molar-refractivity contribution < 1.29 is 9.90 Å². The van der Waals surface area contributed by atoms with E-state index in [1.165, 1.54) is 19.3 Å². The Balaban J connectivity index is 2.10. The smallest absolute Gasteiger partial charge is 0.337 e. The molecule has 1 aromatic rings. The Labute approximate surface area is 102 Å². The highest BCUT2D eigenvalue weighted by Gasteiger charge is 2.03. The summed E-state index contributed by atoms with van der Waals surface area (Å²) in [5, 5.41) is 8.76. The van der Waals surface area contributed by atoms with E-state index in [9.17, 15) is 4.79 Å². The molecule has 0 saturated heterocycles. The summed E-state index contributed by atoms with van der Waals surface area (Å²) >= 11 is 0. The van der Waals surface area contributed by atoms with Crippen LogP contribution in [0.3, 0.4) is 0 Å². The largest absolute Gasteiger partial charge is 0.478 e. The molecule has 92 valence electrons. The first-order valence-corrected chi connectivity index (χ1v) is 6.06. The van der Waals surface area contributed by atoms with Gasteiger partial charge in [0, 0.05) is 25.4 Å². The van der Waals surface area contributed by atoms with Crippen molar-refractivity contribution in [2.45, 2.75) is 45.1 Å². The Bertz CT molecular complexity index is 387. The number of unbranched alkanes of at least 4 members (excludes halogenated alkanes) is 5. The topological polar surface area (TPSA) is 42.2 Å². The van der Waals surface area contributed by atoms with E-state index >= 15 is 0 Å². The summed E-state index contributed by atoms with van der Waals surface area (Å²) in [7, 11) is 0. The van der Waals surface area contributed by atoms with Gasteiger partial charge in [0.15, 0.2) is 0 Å². The lowest BCUT2D eigenvalue weighted by molar-refractivity contribution is 0.0697. The number of terminal acetylenes is 1. The van der Waals surface area contributed by atoms with Gasteiger partial charge in [-0.1, -0.05) is 19.3 Å². The van der Waals surface area contributed by atoms with Gasteiger partial charge in [0.25, 0.3) is 0 Å². The molecular weight excluding hydrogens is 214 g/mol. The molecule has 0 amide bonds. The van der Waals surface area contributed by atoms with Crippen LogP contribution in [0.25, 0.3) is 0 Å². The predicted molar refractivity (Wildman–Crippen MR) is 67.9 cm³/mol. The van der Waals surface area contributed by atoms with E-state index in [1.54, 1.807) is 12.3 Å². The van der Waals surface area contributed by atoms with Gasteiger partial charge >= 0.3 is 5.97 Å². The maximum Gasteiger partial charge on any atom is 0.337 e. The van der Waals surface area contributed by atoms with Gasteiger partial charge in [-0.15, -0.1) is 12.3 Å². The van der Waals surface area contributed by atoms with Crippen LogP contribution >= 0.6 is 0 Å². The fraction of sp³-hybridized carbons (Fsp3) is 0.500. The van der Waals surface area contributed by atoms with Crippen molar-refractivity contribution in [3.8, 4) is 12.3 Å². The summed E-state index contributed by atoms with van der Waals surface area (Å²) in [6.07, 6.45) is 15.3. The Morgan fingerprint density at radius 2 is 2.00 bits per heavy atom. The van der Waals surface area contributed by atoms with Crippen molar-refractivity contribution >= 4 is 5.97 Å². The van der Waals surface area contributed by atoms with Gasteiger partial charge in [0.1, 0.15) is 0 Å². The number of aryl methyl sites for hydroxylation is 1. The van der Waals surface area contributed by atoms with Crippen molar-refractivity contribution in [1.82, 2.24) is 4.57 Å². The maximum atomic E-state index is 10.7. The van der Waals surface area contributed by atoms with E-state index in [1.807, 2.05) is 10.8 Å². The standard InChI is InChI=1S/C14H19NO2/c1-2-3-4-5-6-7-8-10-15-11-9-13(12-15)14(16)17/h1,9,11-12H,3-8,10H2,(H,16,17). The molecule has 1 heterocycles. The molecule has 0 aromatic carbocycles. The van der Waals surface area contributed by atoms with Gasteiger partial charge < -0.3 is 9.67 Å². The predicted octanol–water partition coefficient (Wildman–Crippen LogP) is 3.16. The first kappa shape index (κ1) is 13.4. The molecule has 1 rings (SSSR count). The molecule has 1 N–H and O–H groups in total. The van der Waals surface area contributed by atoms with Gasteiger partial charge in [-0.05, 0) is 18.9 Å². The number of carbonyl (C=O) groups is 1. The summed E-state index contributed by atoms with van der Waals surface area (Å²) in [6.45, 7) is 0.891. The zero-order valence-corrected chi connectivity index (χ0v) is 10.1. The van der Waals surface area contributed by atoms with E-state index < -0.39 is 5.97 Å². The highest BCUT2D eigenvalue weighted by molar-refractivity contribution is 5.87. The van der Waals surface area contributed by atoms with Crippen LogP contribution in [-0.4, -0.2) is 15.6 Å². The number of nitrogens with zero attached hydrogens (tertiary/aromatic N) is 1. The number of hydrogen-bond donors (Lipinski definition) is 1. The highest BCUT2D eigenvalue weighted by Crippen LogP contribution is 2.07. The normalized spacial score (nSPS) is 10.1. The van der Waals surface area contributed by atoms with E-state index in [4.69, 9.17) is 11.5 Å². The SMILES string of the molecule is C#CCCCCCCCn1ccc(C(=O)O)c1. The number of hydrogen-bond acceptors (Lipinski definition) is 1. The van der Waals surface area contributed by atoms with Crippen LogP contribution in [0.2, 0.25) is 0 Å². The second-order valence-electron chi connectivity index (χ2n) is 4.17. The molecular formula is C14H19NO2. The minimum absolute atomic E-state index is 0.360. The van der Waals surface area contributed by atoms with Gasteiger partial charge in [0.05, 0.1) is 5.56 Å². The highest BCUT2D eigenvalue weighted by atomic mass is 16.4. The van der Waals surface area contributed by atoms with Crippen molar-refractivity contribution in [3.63, 3.8) is 0 Å².